The molecule has 1 rings (SSSR count). The summed E-state index contributed by atoms with van der Waals surface area (Å²) in [4.78, 5) is 2.58. The smallest absolute Gasteiger partial charge is 0.0309 e. The zero-order valence-corrected chi connectivity index (χ0v) is 13.9. The van der Waals surface area contributed by atoms with Gasteiger partial charge in [-0.05, 0) is 45.1 Å². The third-order valence-corrected chi connectivity index (χ3v) is 4.11. The van der Waals surface area contributed by atoms with Crippen LogP contribution in [-0.4, -0.2) is 29.6 Å². The predicted molar refractivity (Wildman–Crippen MR) is 88.9 cm³/mol. The molecular weight excluding hydrogens is 244 g/mol. The SMILES string of the molecule is CC(C)CN(C(C)C)C(C)(CN)CCc1ccccc1. The highest BCUT2D eigenvalue weighted by atomic mass is 15.2. The van der Waals surface area contributed by atoms with E-state index in [4.69, 9.17) is 5.73 Å². The van der Waals surface area contributed by atoms with E-state index in [1.54, 1.807) is 0 Å². The number of nitrogens with two attached hydrogens (primary N) is 1. The van der Waals surface area contributed by atoms with Gasteiger partial charge in [0.25, 0.3) is 0 Å². The quantitative estimate of drug-likeness (QED) is 0.784. The molecule has 0 aliphatic heterocycles. The molecule has 0 amide bonds. The van der Waals surface area contributed by atoms with E-state index in [9.17, 15) is 0 Å². The van der Waals surface area contributed by atoms with E-state index in [1.165, 1.54) is 5.56 Å². The summed E-state index contributed by atoms with van der Waals surface area (Å²) >= 11 is 0. The molecule has 2 heteroatoms. The van der Waals surface area contributed by atoms with Crippen molar-refractivity contribution in [3.8, 4) is 0 Å². The fraction of sp³-hybridized carbons (Fsp3) is 0.667. The van der Waals surface area contributed by atoms with Gasteiger partial charge < -0.3 is 5.73 Å². The van der Waals surface area contributed by atoms with E-state index in [1.807, 2.05) is 0 Å². The third kappa shape index (κ3) is 4.92. The van der Waals surface area contributed by atoms with Crippen LogP contribution in [0.5, 0.6) is 0 Å². The maximum atomic E-state index is 6.14. The second-order valence-corrected chi connectivity index (χ2v) is 6.83. The van der Waals surface area contributed by atoms with Crippen molar-refractivity contribution < 1.29 is 0 Å². The van der Waals surface area contributed by atoms with E-state index in [0.717, 1.165) is 19.4 Å². The van der Waals surface area contributed by atoms with Crippen LogP contribution in [-0.2, 0) is 6.42 Å². The summed E-state index contributed by atoms with van der Waals surface area (Å²) in [5.41, 5.74) is 7.62. The van der Waals surface area contributed by atoms with Crippen LogP contribution in [0.4, 0.5) is 0 Å². The lowest BCUT2D eigenvalue weighted by Gasteiger charge is -2.44. The van der Waals surface area contributed by atoms with Gasteiger partial charge in [0, 0.05) is 24.7 Å². The molecule has 0 heterocycles. The number of aryl methyl sites for hydroxylation is 1. The first kappa shape index (κ1) is 17.2. The largest absolute Gasteiger partial charge is 0.329 e. The molecule has 20 heavy (non-hydrogen) atoms. The lowest BCUT2D eigenvalue weighted by atomic mass is 9.89. The first-order chi connectivity index (χ1) is 9.39. The van der Waals surface area contributed by atoms with Gasteiger partial charge >= 0.3 is 0 Å². The van der Waals surface area contributed by atoms with E-state index in [2.05, 4.69) is 69.9 Å². The van der Waals surface area contributed by atoms with Gasteiger partial charge in [-0.25, -0.2) is 0 Å². The van der Waals surface area contributed by atoms with Crippen molar-refractivity contribution in [3.05, 3.63) is 35.9 Å². The maximum absolute atomic E-state index is 6.14. The van der Waals surface area contributed by atoms with Crippen LogP contribution in [0.15, 0.2) is 30.3 Å². The Hall–Kier alpha value is -0.860. The average molecular weight is 276 g/mol. The minimum absolute atomic E-state index is 0.0777. The van der Waals surface area contributed by atoms with Crippen molar-refractivity contribution in [2.45, 2.75) is 59.0 Å². The van der Waals surface area contributed by atoms with Crippen LogP contribution in [0, 0.1) is 5.92 Å². The Balaban J connectivity index is 2.77. The summed E-state index contributed by atoms with van der Waals surface area (Å²) in [6.45, 7) is 13.3. The highest BCUT2D eigenvalue weighted by Gasteiger charge is 2.32. The molecule has 1 aromatic carbocycles. The highest BCUT2D eigenvalue weighted by molar-refractivity contribution is 5.15. The molecule has 1 atom stereocenters. The van der Waals surface area contributed by atoms with E-state index < -0.39 is 0 Å². The topological polar surface area (TPSA) is 29.3 Å². The summed E-state index contributed by atoms with van der Waals surface area (Å²) in [6, 6.07) is 11.2. The van der Waals surface area contributed by atoms with Crippen LogP contribution in [0.3, 0.4) is 0 Å². The average Bonchev–Trinajstić information content (AvgIpc) is 2.43. The Morgan fingerprint density at radius 2 is 1.70 bits per heavy atom. The minimum atomic E-state index is 0.0777. The van der Waals surface area contributed by atoms with Crippen molar-refractivity contribution in [2.24, 2.45) is 11.7 Å². The molecule has 0 spiro atoms. The molecule has 0 radical (unpaired) electrons. The number of hydrogen-bond acceptors (Lipinski definition) is 2. The molecule has 1 aromatic rings. The fourth-order valence-electron chi connectivity index (χ4n) is 2.87. The van der Waals surface area contributed by atoms with Gasteiger partial charge in [-0.1, -0.05) is 44.2 Å². The normalized spacial score (nSPS) is 15.1. The predicted octanol–water partition coefficient (Wildman–Crippen LogP) is 3.70. The number of rotatable bonds is 8. The Kier molecular flexibility index (Phi) is 6.70. The summed E-state index contributed by atoms with van der Waals surface area (Å²) in [5, 5.41) is 0. The molecule has 0 bridgehead atoms. The first-order valence-corrected chi connectivity index (χ1v) is 7.90. The molecule has 0 aliphatic rings. The van der Waals surface area contributed by atoms with Crippen LogP contribution in [0.25, 0.3) is 0 Å². The van der Waals surface area contributed by atoms with Crippen molar-refractivity contribution in [3.63, 3.8) is 0 Å². The monoisotopic (exact) mass is 276 g/mol. The van der Waals surface area contributed by atoms with Gasteiger partial charge in [-0.3, -0.25) is 4.90 Å². The summed E-state index contributed by atoms with van der Waals surface area (Å²) in [6.07, 6.45) is 2.20. The lowest BCUT2D eigenvalue weighted by molar-refractivity contribution is 0.0562. The molecule has 0 saturated heterocycles. The van der Waals surface area contributed by atoms with Gasteiger partial charge in [-0.2, -0.15) is 0 Å². The van der Waals surface area contributed by atoms with Gasteiger partial charge in [-0.15, -0.1) is 0 Å². The molecular formula is C18H32N2. The molecule has 0 saturated carbocycles. The van der Waals surface area contributed by atoms with Crippen molar-refractivity contribution in [1.29, 1.82) is 0 Å². The molecule has 0 aliphatic carbocycles. The second-order valence-electron chi connectivity index (χ2n) is 6.83. The zero-order valence-electron chi connectivity index (χ0n) is 13.9. The fourth-order valence-corrected chi connectivity index (χ4v) is 2.87. The molecule has 0 aromatic heterocycles. The summed E-state index contributed by atoms with van der Waals surface area (Å²) in [5.74, 6) is 0.667. The van der Waals surface area contributed by atoms with E-state index in [-0.39, 0.29) is 5.54 Å². The Labute approximate surface area is 125 Å². The summed E-state index contributed by atoms with van der Waals surface area (Å²) < 4.78 is 0. The van der Waals surface area contributed by atoms with Gasteiger partial charge in [0.15, 0.2) is 0 Å². The first-order valence-electron chi connectivity index (χ1n) is 7.90. The van der Waals surface area contributed by atoms with Crippen LogP contribution >= 0.6 is 0 Å². The number of hydrogen-bond donors (Lipinski definition) is 1. The second kappa shape index (κ2) is 7.80. The van der Waals surface area contributed by atoms with E-state index >= 15 is 0 Å². The molecule has 2 N–H and O–H groups in total. The van der Waals surface area contributed by atoms with Gasteiger partial charge in [0.2, 0.25) is 0 Å². The number of benzene rings is 1. The van der Waals surface area contributed by atoms with Crippen molar-refractivity contribution in [2.75, 3.05) is 13.1 Å². The maximum Gasteiger partial charge on any atom is 0.0309 e. The zero-order chi connectivity index (χ0) is 15.2. The Morgan fingerprint density at radius 3 is 2.15 bits per heavy atom. The minimum Gasteiger partial charge on any atom is -0.329 e. The lowest BCUT2D eigenvalue weighted by Crippen LogP contribution is -2.56. The van der Waals surface area contributed by atoms with Crippen molar-refractivity contribution >= 4 is 0 Å². The summed E-state index contributed by atoms with van der Waals surface area (Å²) in [7, 11) is 0. The van der Waals surface area contributed by atoms with Crippen LogP contribution < -0.4 is 5.73 Å². The Morgan fingerprint density at radius 1 is 1.10 bits per heavy atom. The van der Waals surface area contributed by atoms with Crippen molar-refractivity contribution in [1.82, 2.24) is 4.90 Å². The highest BCUT2D eigenvalue weighted by Crippen LogP contribution is 2.24. The van der Waals surface area contributed by atoms with Crippen LogP contribution in [0.1, 0.15) is 46.6 Å². The standard InChI is InChI=1S/C18H32N2/c1-15(2)13-20(16(3)4)18(5,14-19)12-11-17-9-7-6-8-10-17/h6-10,15-16H,11-14,19H2,1-5H3. The van der Waals surface area contributed by atoms with Crippen LogP contribution in [0.2, 0.25) is 0 Å². The third-order valence-electron chi connectivity index (χ3n) is 4.11. The molecule has 1 unspecified atom stereocenters. The van der Waals surface area contributed by atoms with Gasteiger partial charge in [0.05, 0.1) is 0 Å². The van der Waals surface area contributed by atoms with Gasteiger partial charge in [0.1, 0.15) is 0 Å². The molecule has 0 fully saturated rings. The molecule has 2 nitrogen and oxygen atoms in total. The van der Waals surface area contributed by atoms with E-state index in [0.29, 0.717) is 18.5 Å². The molecule has 114 valence electrons. The number of nitrogens with zero attached hydrogens (tertiary/aromatic N) is 1. The Bertz CT molecular complexity index is 372.